The van der Waals surface area contributed by atoms with Crippen LogP contribution in [0.15, 0.2) is 12.1 Å². The molecule has 0 spiro atoms. The average molecular weight is 375 g/mol. The fraction of sp³-hybridized carbons (Fsp3) is 0.667. The number of hydrogen-bond acceptors (Lipinski definition) is 3. The number of rotatable bonds is 12. The topological polar surface area (TPSA) is 43.4 Å². The molecule has 1 unspecified atom stereocenters. The van der Waals surface area contributed by atoms with E-state index in [4.69, 9.17) is 4.74 Å². The molecule has 0 bridgehead atoms. The Balaban J connectivity index is 2.61. The summed E-state index contributed by atoms with van der Waals surface area (Å²) < 4.78 is 5.63. The number of Topliss-reactive ketones (excluding diaryl/α,β-unsaturated/α-hetero) is 1. The molecule has 3 heteroatoms. The van der Waals surface area contributed by atoms with Gasteiger partial charge in [0.05, 0.1) is 0 Å². The van der Waals surface area contributed by atoms with E-state index in [0.717, 1.165) is 29.5 Å². The highest BCUT2D eigenvalue weighted by Gasteiger charge is 2.29. The minimum absolute atomic E-state index is 0.0457. The van der Waals surface area contributed by atoms with E-state index in [-0.39, 0.29) is 17.7 Å². The van der Waals surface area contributed by atoms with Gasteiger partial charge in [-0.2, -0.15) is 0 Å². The van der Waals surface area contributed by atoms with Crippen LogP contribution >= 0.6 is 0 Å². The highest BCUT2D eigenvalue weighted by atomic mass is 16.5. The smallest absolute Gasteiger partial charge is 0.306 e. The first kappa shape index (κ1) is 23.4. The van der Waals surface area contributed by atoms with Gasteiger partial charge in [-0.15, -0.1) is 0 Å². The van der Waals surface area contributed by atoms with Gasteiger partial charge in [0, 0.05) is 12.0 Å². The van der Waals surface area contributed by atoms with Crippen molar-refractivity contribution in [2.24, 2.45) is 5.92 Å². The Bertz CT molecular complexity index is 593. The highest BCUT2D eigenvalue weighted by molar-refractivity contribution is 6.03. The summed E-state index contributed by atoms with van der Waals surface area (Å²) in [4.78, 5) is 25.4. The molecule has 0 heterocycles. The predicted octanol–water partition coefficient (Wildman–Crippen LogP) is 6.50. The molecular formula is C24H38O3. The van der Waals surface area contributed by atoms with Gasteiger partial charge in [-0.1, -0.05) is 77.0 Å². The Kier molecular flexibility index (Phi) is 10.4. The SMILES string of the molecule is CCCCCCCCCC(=O)OC(C(=O)c1c(C)cc(C)cc1C)C(C)C. The van der Waals surface area contributed by atoms with E-state index in [2.05, 4.69) is 6.92 Å². The Morgan fingerprint density at radius 1 is 0.889 bits per heavy atom. The maximum Gasteiger partial charge on any atom is 0.306 e. The van der Waals surface area contributed by atoms with E-state index in [1.165, 1.54) is 32.1 Å². The van der Waals surface area contributed by atoms with Gasteiger partial charge in [0.15, 0.2) is 6.10 Å². The quantitative estimate of drug-likeness (QED) is 0.238. The molecule has 0 aliphatic heterocycles. The van der Waals surface area contributed by atoms with E-state index in [1.54, 1.807) is 0 Å². The average Bonchev–Trinajstić information content (AvgIpc) is 2.57. The Morgan fingerprint density at radius 2 is 1.41 bits per heavy atom. The first-order chi connectivity index (χ1) is 12.8. The van der Waals surface area contributed by atoms with Crippen molar-refractivity contribution in [3.05, 3.63) is 34.4 Å². The molecular weight excluding hydrogens is 336 g/mol. The van der Waals surface area contributed by atoms with Gasteiger partial charge in [-0.05, 0) is 44.2 Å². The summed E-state index contributed by atoms with van der Waals surface area (Å²) in [5.41, 5.74) is 3.74. The summed E-state index contributed by atoms with van der Waals surface area (Å²) in [6.45, 7) is 12.0. The Hall–Kier alpha value is -1.64. The lowest BCUT2D eigenvalue weighted by Crippen LogP contribution is -2.33. The standard InChI is InChI=1S/C24H38O3/c1-7-8-9-10-11-12-13-14-21(25)27-24(17(2)3)23(26)22-19(5)15-18(4)16-20(22)6/h15-17,24H,7-14H2,1-6H3. The van der Waals surface area contributed by atoms with Crippen LogP contribution in [0.25, 0.3) is 0 Å². The van der Waals surface area contributed by atoms with Gasteiger partial charge in [-0.3, -0.25) is 9.59 Å². The summed E-state index contributed by atoms with van der Waals surface area (Å²) in [6, 6.07) is 4.02. The molecule has 0 aromatic heterocycles. The van der Waals surface area contributed by atoms with Crippen molar-refractivity contribution < 1.29 is 14.3 Å². The zero-order valence-corrected chi connectivity index (χ0v) is 18.2. The molecule has 0 aliphatic rings. The molecule has 152 valence electrons. The first-order valence-electron chi connectivity index (χ1n) is 10.6. The summed E-state index contributed by atoms with van der Waals surface area (Å²) in [7, 11) is 0. The number of ether oxygens (including phenoxy) is 1. The second-order valence-corrected chi connectivity index (χ2v) is 8.16. The molecule has 0 aliphatic carbocycles. The van der Waals surface area contributed by atoms with Crippen LogP contribution in [0.1, 0.15) is 99.2 Å². The monoisotopic (exact) mass is 374 g/mol. The number of hydrogen-bond donors (Lipinski definition) is 0. The lowest BCUT2D eigenvalue weighted by molar-refractivity contribution is -0.148. The van der Waals surface area contributed by atoms with Crippen molar-refractivity contribution in [2.75, 3.05) is 0 Å². The third kappa shape index (κ3) is 7.86. The van der Waals surface area contributed by atoms with E-state index in [1.807, 2.05) is 46.8 Å². The molecule has 0 radical (unpaired) electrons. The number of esters is 1. The molecule has 0 saturated carbocycles. The van der Waals surface area contributed by atoms with Crippen LogP contribution in [0, 0.1) is 26.7 Å². The van der Waals surface area contributed by atoms with E-state index in [9.17, 15) is 9.59 Å². The van der Waals surface area contributed by atoms with E-state index < -0.39 is 6.10 Å². The second-order valence-electron chi connectivity index (χ2n) is 8.16. The summed E-state index contributed by atoms with van der Waals surface area (Å²) in [6.07, 6.45) is 7.80. The Labute approximate surface area is 165 Å². The van der Waals surface area contributed by atoms with Gasteiger partial charge in [0.25, 0.3) is 0 Å². The first-order valence-corrected chi connectivity index (χ1v) is 10.6. The minimum Gasteiger partial charge on any atom is -0.454 e. The molecule has 27 heavy (non-hydrogen) atoms. The number of benzene rings is 1. The molecule has 0 N–H and O–H groups in total. The number of unbranched alkanes of at least 4 members (excludes halogenated alkanes) is 6. The lowest BCUT2D eigenvalue weighted by Gasteiger charge is -2.22. The zero-order valence-electron chi connectivity index (χ0n) is 18.2. The molecule has 0 fully saturated rings. The van der Waals surface area contributed by atoms with Crippen molar-refractivity contribution in [1.29, 1.82) is 0 Å². The van der Waals surface area contributed by atoms with Gasteiger partial charge in [-0.25, -0.2) is 0 Å². The summed E-state index contributed by atoms with van der Waals surface area (Å²) in [5.74, 6) is -0.374. The highest BCUT2D eigenvalue weighted by Crippen LogP contribution is 2.22. The van der Waals surface area contributed by atoms with Crippen LogP contribution in [-0.4, -0.2) is 17.9 Å². The van der Waals surface area contributed by atoms with Crippen LogP contribution in [0.2, 0.25) is 0 Å². The fourth-order valence-corrected chi connectivity index (χ4v) is 3.63. The van der Waals surface area contributed by atoms with E-state index >= 15 is 0 Å². The maximum absolute atomic E-state index is 13.1. The van der Waals surface area contributed by atoms with Crippen molar-refractivity contribution in [3.8, 4) is 0 Å². The molecule has 1 atom stereocenters. The minimum atomic E-state index is -0.706. The molecule has 3 nitrogen and oxygen atoms in total. The van der Waals surface area contributed by atoms with Crippen LogP contribution in [0.4, 0.5) is 0 Å². The zero-order chi connectivity index (χ0) is 20.4. The van der Waals surface area contributed by atoms with Crippen LogP contribution in [0.5, 0.6) is 0 Å². The van der Waals surface area contributed by atoms with Crippen molar-refractivity contribution in [3.63, 3.8) is 0 Å². The second kappa shape index (κ2) is 11.9. The normalized spacial score (nSPS) is 12.3. The summed E-state index contributed by atoms with van der Waals surface area (Å²) >= 11 is 0. The van der Waals surface area contributed by atoms with Crippen LogP contribution in [0.3, 0.4) is 0 Å². The van der Waals surface area contributed by atoms with Crippen LogP contribution in [-0.2, 0) is 9.53 Å². The van der Waals surface area contributed by atoms with Crippen molar-refractivity contribution in [1.82, 2.24) is 0 Å². The number of carbonyl (C=O) groups is 2. The summed E-state index contributed by atoms with van der Waals surface area (Å²) in [5, 5.41) is 0. The third-order valence-electron chi connectivity index (χ3n) is 5.03. The molecule has 1 rings (SSSR count). The van der Waals surface area contributed by atoms with E-state index in [0.29, 0.717) is 12.0 Å². The maximum atomic E-state index is 13.1. The predicted molar refractivity (Wildman–Crippen MR) is 112 cm³/mol. The van der Waals surface area contributed by atoms with Crippen LogP contribution < -0.4 is 0 Å². The molecule has 1 aromatic carbocycles. The largest absolute Gasteiger partial charge is 0.454 e. The molecule has 0 saturated heterocycles. The van der Waals surface area contributed by atoms with Gasteiger partial charge < -0.3 is 4.74 Å². The Morgan fingerprint density at radius 3 is 1.93 bits per heavy atom. The number of aryl methyl sites for hydroxylation is 3. The number of ketones is 1. The third-order valence-corrected chi connectivity index (χ3v) is 5.03. The van der Waals surface area contributed by atoms with Gasteiger partial charge in [0.1, 0.15) is 0 Å². The van der Waals surface area contributed by atoms with Crippen molar-refractivity contribution >= 4 is 11.8 Å². The van der Waals surface area contributed by atoms with Gasteiger partial charge in [0.2, 0.25) is 5.78 Å². The lowest BCUT2D eigenvalue weighted by atomic mass is 9.90. The van der Waals surface area contributed by atoms with Crippen molar-refractivity contribution in [2.45, 2.75) is 99.0 Å². The molecule has 1 aromatic rings. The fourth-order valence-electron chi connectivity index (χ4n) is 3.63. The molecule has 0 amide bonds. The van der Waals surface area contributed by atoms with Gasteiger partial charge >= 0.3 is 5.97 Å². The number of carbonyl (C=O) groups excluding carboxylic acids is 2.